The highest BCUT2D eigenvalue weighted by atomic mass is 35.5. The van der Waals surface area contributed by atoms with Crippen LogP contribution in [-0.2, 0) is 4.79 Å². The van der Waals surface area contributed by atoms with E-state index in [0.717, 1.165) is 0 Å². The van der Waals surface area contributed by atoms with E-state index in [0.29, 0.717) is 0 Å². The molecule has 17 heavy (non-hydrogen) atoms. The van der Waals surface area contributed by atoms with Crippen LogP contribution in [-0.4, -0.2) is 17.5 Å². The molecule has 1 aliphatic carbocycles. The van der Waals surface area contributed by atoms with E-state index < -0.39 is 17.5 Å². The van der Waals surface area contributed by atoms with Gasteiger partial charge in [-0.25, -0.2) is 0 Å². The zero-order chi connectivity index (χ0) is 12.6. The number of fused-ring (bicyclic) bond motifs is 1. The Morgan fingerprint density at radius 3 is 2.18 bits per heavy atom. The lowest BCUT2D eigenvalue weighted by molar-refractivity contribution is -0.118. The van der Waals surface area contributed by atoms with Gasteiger partial charge >= 0.3 is 0 Å². The van der Waals surface area contributed by atoms with Gasteiger partial charge in [0, 0.05) is 18.1 Å². The Hall–Kier alpha value is -1.94. The number of hydrogen-bond donors (Lipinski definition) is 1. The summed E-state index contributed by atoms with van der Waals surface area (Å²) in [4.78, 5) is 34.8. The molecule has 1 N–H and O–H groups in total. The summed E-state index contributed by atoms with van der Waals surface area (Å²) in [5, 5.41) is 2.04. The third-order valence-electron chi connectivity index (χ3n) is 2.36. The van der Waals surface area contributed by atoms with Crippen molar-refractivity contribution in [3.05, 3.63) is 46.1 Å². The van der Waals surface area contributed by atoms with Gasteiger partial charge in [-0.1, -0.05) is 35.9 Å². The molecule has 0 spiro atoms. The monoisotopic (exact) mass is 249 g/mol. The number of halogens is 1. The summed E-state index contributed by atoms with van der Waals surface area (Å²) in [6, 6.07) is 6.36. The lowest BCUT2D eigenvalue weighted by Crippen LogP contribution is -2.31. The predicted octanol–water partition coefficient (Wildman–Crippen LogP) is 1.65. The van der Waals surface area contributed by atoms with Crippen molar-refractivity contribution in [1.82, 2.24) is 5.32 Å². The molecule has 0 unspecified atom stereocenters. The van der Waals surface area contributed by atoms with Gasteiger partial charge in [-0.2, -0.15) is 0 Å². The van der Waals surface area contributed by atoms with Crippen molar-refractivity contribution in [3.8, 4) is 0 Å². The molecule has 0 saturated carbocycles. The van der Waals surface area contributed by atoms with Crippen molar-refractivity contribution < 1.29 is 14.4 Å². The Balaban J connectivity index is 2.58. The summed E-state index contributed by atoms with van der Waals surface area (Å²) >= 11 is 5.79. The number of carbonyl (C=O) groups is 3. The number of nitrogens with one attached hydrogen (secondary N) is 1. The summed E-state index contributed by atoms with van der Waals surface area (Å²) in [6.45, 7) is 1.25. The number of hydrogen-bond acceptors (Lipinski definition) is 3. The van der Waals surface area contributed by atoms with Gasteiger partial charge in [0.2, 0.25) is 17.5 Å². The van der Waals surface area contributed by atoms with Crippen LogP contribution < -0.4 is 5.32 Å². The summed E-state index contributed by atoms with van der Waals surface area (Å²) in [5.41, 5.74) is 0.366. The molecule has 1 aromatic carbocycles. The Morgan fingerprint density at radius 1 is 1.12 bits per heavy atom. The molecular weight excluding hydrogens is 242 g/mol. The first kappa shape index (κ1) is 11.5. The lowest BCUT2D eigenvalue weighted by Gasteiger charge is -2.17. The number of benzene rings is 1. The van der Waals surface area contributed by atoms with Crippen LogP contribution in [0.4, 0.5) is 0 Å². The Bertz CT molecular complexity index is 575. The molecule has 2 rings (SSSR count). The van der Waals surface area contributed by atoms with Crippen molar-refractivity contribution in [2.24, 2.45) is 0 Å². The van der Waals surface area contributed by atoms with Gasteiger partial charge in [0.15, 0.2) is 0 Å². The van der Waals surface area contributed by atoms with E-state index in [2.05, 4.69) is 5.32 Å². The second-order valence-corrected chi connectivity index (χ2v) is 3.95. The van der Waals surface area contributed by atoms with Crippen LogP contribution >= 0.6 is 11.6 Å². The molecule has 0 bridgehead atoms. The van der Waals surface area contributed by atoms with Crippen molar-refractivity contribution in [2.75, 3.05) is 0 Å². The number of ketones is 2. The van der Waals surface area contributed by atoms with E-state index in [1.807, 2.05) is 0 Å². The van der Waals surface area contributed by atoms with E-state index in [1.165, 1.54) is 19.1 Å². The summed E-state index contributed by atoms with van der Waals surface area (Å²) in [5.74, 6) is -1.34. The molecule has 0 aromatic heterocycles. The van der Waals surface area contributed by atoms with Crippen LogP contribution in [0.2, 0.25) is 0 Å². The van der Waals surface area contributed by atoms with Gasteiger partial charge in [-0.3, -0.25) is 14.4 Å². The van der Waals surface area contributed by atoms with Crippen LogP contribution in [0.1, 0.15) is 27.6 Å². The highest BCUT2D eigenvalue weighted by Crippen LogP contribution is 2.26. The third-order valence-corrected chi connectivity index (χ3v) is 2.72. The molecule has 1 amide bonds. The van der Waals surface area contributed by atoms with Crippen LogP contribution in [0, 0.1) is 0 Å². The minimum atomic E-state index is -0.453. The molecule has 0 saturated heterocycles. The molecule has 1 aromatic rings. The quantitative estimate of drug-likeness (QED) is 0.823. The first-order chi connectivity index (χ1) is 8.02. The molecule has 1 aliphatic rings. The second-order valence-electron chi connectivity index (χ2n) is 3.57. The Kier molecular flexibility index (Phi) is 2.81. The van der Waals surface area contributed by atoms with Gasteiger partial charge in [0.1, 0.15) is 10.7 Å². The average Bonchev–Trinajstić information content (AvgIpc) is 2.31. The number of rotatable bonds is 1. The van der Waals surface area contributed by atoms with E-state index in [1.54, 1.807) is 12.1 Å². The fraction of sp³-hybridized carbons (Fsp3) is 0.0833. The van der Waals surface area contributed by atoms with Crippen molar-refractivity contribution in [3.63, 3.8) is 0 Å². The number of carbonyl (C=O) groups excluding carboxylic acids is 3. The number of allylic oxidation sites excluding steroid dienone is 2. The van der Waals surface area contributed by atoms with Crippen molar-refractivity contribution in [1.29, 1.82) is 0 Å². The Morgan fingerprint density at radius 2 is 1.65 bits per heavy atom. The maximum Gasteiger partial charge on any atom is 0.221 e. The van der Waals surface area contributed by atoms with Gasteiger partial charge in [0.05, 0.1) is 0 Å². The summed E-state index contributed by atoms with van der Waals surface area (Å²) in [7, 11) is 0. The number of Topliss-reactive ketones (excluding diaryl/α,β-unsaturated/α-hetero) is 2. The largest absolute Gasteiger partial charge is 0.322 e. The Labute approximate surface area is 102 Å². The average molecular weight is 250 g/mol. The van der Waals surface area contributed by atoms with Gasteiger partial charge in [0.25, 0.3) is 0 Å². The molecule has 0 aliphatic heterocycles. The molecule has 4 nitrogen and oxygen atoms in total. The molecule has 0 fully saturated rings. The molecule has 0 radical (unpaired) electrons. The SMILES string of the molecule is CC(=O)NC1=C(Cl)C(=O)c2ccccc2C1=O. The first-order valence-corrected chi connectivity index (χ1v) is 5.26. The van der Waals surface area contributed by atoms with Crippen LogP contribution in [0.25, 0.3) is 0 Å². The minimum Gasteiger partial charge on any atom is -0.322 e. The normalized spacial score (nSPS) is 14.7. The fourth-order valence-electron chi connectivity index (χ4n) is 1.63. The van der Waals surface area contributed by atoms with Crippen molar-refractivity contribution >= 4 is 29.1 Å². The topological polar surface area (TPSA) is 63.2 Å². The minimum absolute atomic E-state index is 0.150. The van der Waals surface area contributed by atoms with Crippen LogP contribution in [0.5, 0.6) is 0 Å². The molecule has 5 heteroatoms. The van der Waals surface area contributed by atoms with E-state index in [9.17, 15) is 14.4 Å². The third kappa shape index (κ3) is 1.87. The lowest BCUT2D eigenvalue weighted by atomic mass is 9.92. The van der Waals surface area contributed by atoms with Crippen LogP contribution in [0.3, 0.4) is 0 Å². The van der Waals surface area contributed by atoms with E-state index >= 15 is 0 Å². The fourth-order valence-corrected chi connectivity index (χ4v) is 1.87. The molecule has 86 valence electrons. The standard InChI is InChI=1S/C12H8ClNO3/c1-6(15)14-10-9(13)11(16)7-4-2-3-5-8(7)12(10)17/h2-5H,1H3,(H,14,15). The van der Waals surface area contributed by atoms with Gasteiger partial charge in [-0.15, -0.1) is 0 Å². The maximum absolute atomic E-state index is 12.0. The predicted molar refractivity (Wildman–Crippen MR) is 61.8 cm³/mol. The number of amides is 1. The molecular formula is C12H8ClNO3. The second kappa shape index (κ2) is 4.14. The molecule has 0 heterocycles. The van der Waals surface area contributed by atoms with Crippen LogP contribution in [0.15, 0.2) is 35.0 Å². The zero-order valence-corrected chi connectivity index (χ0v) is 9.67. The first-order valence-electron chi connectivity index (χ1n) is 4.88. The summed E-state index contributed by atoms with van der Waals surface area (Å²) in [6.07, 6.45) is 0. The molecule has 0 atom stereocenters. The summed E-state index contributed by atoms with van der Waals surface area (Å²) < 4.78 is 0. The maximum atomic E-state index is 12.0. The van der Waals surface area contributed by atoms with E-state index in [4.69, 9.17) is 11.6 Å². The zero-order valence-electron chi connectivity index (χ0n) is 8.91. The smallest absolute Gasteiger partial charge is 0.221 e. The highest BCUT2D eigenvalue weighted by Gasteiger charge is 2.31. The van der Waals surface area contributed by atoms with Gasteiger partial charge < -0.3 is 5.32 Å². The highest BCUT2D eigenvalue weighted by molar-refractivity contribution is 6.50. The van der Waals surface area contributed by atoms with E-state index in [-0.39, 0.29) is 21.9 Å². The van der Waals surface area contributed by atoms with Crippen molar-refractivity contribution in [2.45, 2.75) is 6.92 Å². The van der Waals surface area contributed by atoms with Gasteiger partial charge in [-0.05, 0) is 0 Å².